The smallest absolute Gasteiger partial charge is 0.321 e. The third-order valence-electron chi connectivity index (χ3n) is 6.20. The topological polar surface area (TPSA) is 56.8 Å². The summed E-state index contributed by atoms with van der Waals surface area (Å²) in [4.78, 5) is 12.8. The van der Waals surface area contributed by atoms with E-state index in [1.807, 2.05) is 48.5 Å². The van der Waals surface area contributed by atoms with Crippen molar-refractivity contribution in [3.05, 3.63) is 59.7 Å². The second kappa shape index (κ2) is 8.34. The summed E-state index contributed by atoms with van der Waals surface area (Å²) in [6, 6.07) is 16.6. The standard InChI is InChI=1S/C23H25NO4.ClH/c1-26-22-19-10-9-17(27-18-11-15-7-8-16(12-18)24-15)13-20(19)28-23(25)21(22)14-5-3-2-4-6-14;/h2-6,9-10,13,15-16,18,21-22,24H,7-8,11-12H2,1H3;1H. The summed E-state index contributed by atoms with van der Waals surface area (Å²) >= 11 is 0. The number of piperidine rings is 1. The van der Waals surface area contributed by atoms with Crippen molar-refractivity contribution in [2.24, 2.45) is 0 Å². The number of nitrogens with one attached hydrogen (secondary N) is 1. The van der Waals surface area contributed by atoms with E-state index in [2.05, 4.69) is 5.32 Å². The van der Waals surface area contributed by atoms with E-state index in [-0.39, 0.29) is 30.6 Å². The van der Waals surface area contributed by atoms with Crippen molar-refractivity contribution in [1.29, 1.82) is 0 Å². The fraction of sp³-hybridized carbons (Fsp3) is 0.435. The van der Waals surface area contributed by atoms with Crippen molar-refractivity contribution >= 4 is 18.4 Å². The van der Waals surface area contributed by atoms with Crippen LogP contribution in [0.4, 0.5) is 0 Å². The number of carbonyl (C=O) groups excluding carboxylic acids is 1. The molecule has 0 aromatic heterocycles. The van der Waals surface area contributed by atoms with Gasteiger partial charge >= 0.3 is 5.97 Å². The van der Waals surface area contributed by atoms with E-state index in [1.165, 1.54) is 12.8 Å². The molecule has 154 valence electrons. The number of esters is 1. The summed E-state index contributed by atoms with van der Waals surface area (Å²) in [6.45, 7) is 0. The number of carbonyl (C=O) groups is 1. The van der Waals surface area contributed by atoms with Crippen molar-refractivity contribution in [2.75, 3.05) is 7.11 Å². The molecule has 29 heavy (non-hydrogen) atoms. The minimum atomic E-state index is -0.467. The minimum Gasteiger partial charge on any atom is -0.490 e. The van der Waals surface area contributed by atoms with Gasteiger partial charge < -0.3 is 19.5 Å². The molecule has 0 aliphatic carbocycles. The third kappa shape index (κ3) is 3.87. The Kier molecular flexibility index (Phi) is 5.81. The van der Waals surface area contributed by atoms with Crippen LogP contribution >= 0.6 is 12.4 Å². The summed E-state index contributed by atoms with van der Waals surface area (Å²) in [5, 5.41) is 3.63. The Bertz CT molecular complexity index is 862. The number of halogens is 1. The molecule has 3 aliphatic rings. The molecule has 3 heterocycles. The molecule has 1 N–H and O–H groups in total. The molecule has 0 saturated carbocycles. The van der Waals surface area contributed by atoms with E-state index in [4.69, 9.17) is 14.2 Å². The normalized spacial score (nSPS) is 30.1. The second-order valence-corrected chi connectivity index (χ2v) is 8.01. The second-order valence-electron chi connectivity index (χ2n) is 8.01. The first-order valence-corrected chi connectivity index (χ1v) is 10.1. The van der Waals surface area contributed by atoms with Crippen LogP contribution in [-0.4, -0.2) is 31.3 Å². The first-order valence-electron chi connectivity index (χ1n) is 10.1. The van der Waals surface area contributed by atoms with Gasteiger partial charge in [-0.25, -0.2) is 0 Å². The maximum absolute atomic E-state index is 12.8. The van der Waals surface area contributed by atoms with Crippen LogP contribution in [-0.2, 0) is 9.53 Å². The Morgan fingerprint density at radius 3 is 2.45 bits per heavy atom. The van der Waals surface area contributed by atoms with Gasteiger partial charge in [-0.05, 0) is 43.4 Å². The number of benzene rings is 2. The molecule has 5 rings (SSSR count). The van der Waals surface area contributed by atoms with Gasteiger partial charge in [0.05, 0.1) is 0 Å². The minimum absolute atomic E-state index is 0. The Balaban J connectivity index is 0.00000205. The van der Waals surface area contributed by atoms with Crippen LogP contribution in [0.25, 0.3) is 0 Å². The molecule has 4 unspecified atom stereocenters. The predicted octanol–water partition coefficient (Wildman–Crippen LogP) is 4.16. The number of fused-ring (bicyclic) bond motifs is 3. The Morgan fingerprint density at radius 2 is 1.76 bits per heavy atom. The SMILES string of the molecule is COC1c2ccc(OC3CC4CCC(C3)N4)cc2OC(=O)C1c1ccccc1.Cl. The molecule has 2 fully saturated rings. The van der Waals surface area contributed by atoms with Crippen molar-refractivity contribution in [3.63, 3.8) is 0 Å². The predicted molar refractivity (Wildman–Crippen MR) is 112 cm³/mol. The lowest BCUT2D eigenvalue weighted by atomic mass is 9.86. The Labute approximate surface area is 177 Å². The van der Waals surface area contributed by atoms with Crippen molar-refractivity contribution in [3.8, 4) is 11.5 Å². The van der Waals surface area contributed by atoms with E-state index in [0.717, 1.165) is 29.7 Å². The first kappa shape index (κ1) is 20.2. The summed E-state index contributed by atoms with van der Waals surface area (Å²) in [5.74, 6) is 0.539. The van der Waals surface area contributed by atoms with Gasteiger partial charge in [-0.3, -0.25) is 4.79 Å². The number of ether oxygens (including phenoxy) is 3. The zero-order valence-electron chi connectivity index (χ0n) is 16.4. The highest BCUT2D eigenvalue weighted by molar-refractivity contribution is 5.85. The van der Waals surface area contributed by atoms with Crippen LogP contribution in [0, 0.1) is 0 Å². The van der Waals surface area contributed by atoms with Crippen LogP contribution in [0.15, 0.2) is 48.5 Å². The summed E-state index contributed by atoms with van der Waals surface area (Å²) in [6.07, 6.45) is 4.38. The number of methoxy groups -OCH3 is 1. The molecular weight excluding hydrogens is 390 g/mol. The molecule has 2 aromatic carbocycles. The summed E-state index contributed by atoms with van der Waals surface area (Å²) in [5.41, 5.74) is 1.78. The zero-order chi connectivity index (χ0) is 19.1. The van der Waals surface area contributed by atoms with Crippen LogP contribution in [0.2, 0.25) is 0 Å². The molecule has 0 radical (unpaired) electrons. The lowest BCUT2D eigenvalue weighted by molar-refractivity contribution is -0.142. The average molecular weight is 416 g/mol. The maximum atomic E-state index is 12.8. The Hall–Kier alpha value is -2.08. The molecule has 2 aromatic rings. The van der Waals surface area contributed by atoms with Gasteiger partial charge in [-0.1, -0.05) is 30.3 Å². The van der Waals surface area contributed by atoms with E-state index in [0.29, 0.717) is 17.8 Å². The molecular formula is C23H26ClNO4. The molecule has 0 spiro atoms. The molecule has 5 nitrogen and oxygen atoms in total. The van der Waals surface area contributed by atoms with Crippen LogP contribution < -0.4 is 14.8 Å². The van der Waals surface area contributed by atoms with Crippen LogP contribution in [0.1, 0.15) is 48.8 Å². The fourth-order valence-electron chi connectivity index (χ4n) is 4.91. The van der Waals surface area contributed by atoms with Crippen molar-refractivity contribution < 1.29 is 19.0 Å². The average Bonchev–Trinajstić information content (AvgIpc) is 3.05. The Morgan fingerprint density at radius 1 is 1.03 bits per heavy atom. The highest BCUT2D eigenvalue weighted by Crippen LogP contribution is 2.44. The first-order chi connectivity index (χ1) is 13.7. The monoisotopic (exact) mass is 415 g/mol. The summed E-state index contributed by atoms with van der Waals surface area (Å²) in [7, 11) is 1.64. The van der Waals surface area contributed by atoms with E-state index < -0.39 is 5.92 Å². The molecule has 2 saturated heterocycles. The lowest BCUT2D eigenvalue weighted by Gasteiger charge is -2.32. The fourth-order valence-corrected chi connectivity index (χ4v) is 4.91. The third-order valence-corrected chi connectivity index (χ3v) is 6.20. The van der Waals surface area contributed by atoms with E-state index >= 15 is 0 Å². The van der Waals surface area contributed by atoms with Gasteiger partial charge in [0.25, 0.3) is 0 Å². The zero-order valence-corrected chi connectivity index (χ0v) is 17.2. The van der Waals surface area contributed by atoms with E-state index in [9.17, 15) is 4.79 Å². The van der Waals surface area contributed by atoms with Crippen molar-refractivity contribution in [1.82, 2.24) is 5.32 Å². The van der Waals surface area contributed by atoms with E-state index in [1.54, 1.807) is 7.11 Å². The summed E-state index contributed by atoms with van der Waals surface area (Å²) < 4.78 is 17.7. The van der Waals surface area contributed by atoms with Crippen molar-refractivity contribution in [2.45, 2.75) is 55.9 Å². The molecule has 4 atom stereocenters. The van der Waals surface area contributed by atoms with Gasteiger partial charge in [-0.15, -0.1) is 12.4 Å². The maximum Gasteiger partial charge on any atom is 0.321 e. The number of hydrogen-bond acceptors (Lipinski definition) is 5. The van der Waals surface area contributed by atoms with Gasteiger partial charge in [0.15, 0.2) is 0 Å². The van der Waals surface area contributed by atoms with Crippen LogP contribution in [0.3, 0.4) is 0 Å². The molecule has 3 aliphatic heterocycles. The molecule has 2 bridgehead atoms. The van der Waals surface area contributed by atoms with Gasteiger partial charge in [0.2, 0.25) is 0 Å². The lowest BCUT2D eigenvalue weighted by Crippen LogP contribution is -2.42. The quantitative estimate of drug-likeness (QED) is 0.600. The van der Waals surface area contributed by atoms with Gasteiger partial charge in [0, 0.05) is 30.8 Å². The molecule has 0 amide bonds. The highest BCUT2D eigenvalue weighted by Gasteiger charge is 2.40. The van der Waals surface area contributed by atoms with Crippen LogP contribution in [0.5, 0.6) is 11.5 Å². The highest BCUT2D eigenvalue weighted by atomic mass is 35.5. The molecule has 6 heteroatoms. The number of rotatable bonds is 4. The van der Waals surface area contributed by atoms with Gasteiger partial charge in [-0.2, -0.15) is 0 Å². The number of hydrogen-bond donors (Lipinski definition) is 1. The largest absolute Gasteiger partial charge is 0.490 e. The van der Waals surface area contributed by atoms with Gasteiger partial charge in [0.1, 0.15) is 29.6 Å².